The zero-order valence-electron chi connectivity index (χ0n) is 8.63. The summed E-state index contributed by atoms with van der Waals surface area (Å²) in [5.41, 5.74) is 0.554. The molecule has 0 aromatic heterocycles. The lowest BCUT2D eigenvalue weighted by Gasteiger charge is -2.50. The highest BCUT2D eigenvalue weighted by Gasteiger charge is 2.62. The summed E-state index contributed by atoms with van der Waals surface area (Å²) in [5.74, 6) is 2.44. The first-order valence-electron chi connectivity index (χ1n) is 5.19. The molecule has 1 aliphatic carbocycles. The molecule has 12 heavy (non-hydrogen) atoms. The van der Waals surface area contributed by atoms with Crippen LogP contribution in [0, 0.1) is 23.2 Å². The van der Waals surface area contributed by atoms with Gasteiger partial charge in [-0.3, -0.25) is 0 Å². The molecule has 0 spiro atoms. The lowest BCUT2D eigenvalue weighted by Crippen LogP contribution is -2.50. The van der Waals surface area contributed by atoms with Crippen LogP contribution < -0.4 is 0 Å². The van der Waals surface area contributed by atoms with Crippen LogP contribution in [0.15, 0.2) is 0 Å². The molecule has 0 aromatic rings. The molecule has 3 rings (SSSR count). The first-order chi connectivity index (χ1) is 5.58. The Labute approximate surface area is 75.5 Å². The zero-order chi connectivity index (χ0) is 8.93. The topological polar surface area (TPSA) is 9.23 Å². The van der Waals surface area contributed by atoms with Gasteiger partial charge in [0.05, 0.1) is 12.7 Å². The largest absolute Gasteiger partial charge is 0.377 e. The average Bonchev–Trinajstić information content (AvgIpc) is 2.38. The smallest absolute Gasteiger partial charge is 0.0618 e. The van der Waals surface area contributed by atoms with Gasteiger partial charge in [0, 0.05) is 5.41 Å². The zero-order valence-corrected chi connectivity index (χ0v) is 8.63. The van der Waals surface area contributed by atoms with E-state index < -0.39 is 0 Å². The molecule has 1 saturated carbocycles. The standard InChI is InChI=1S/C11H20O/c1-7(2)10-9-5-11(10,6-12-9)8(3)4/h7-10H,5-6H2,1-4H3. The second-order valence-electron chi connectivity index (χ2n) is 5.21. The van der Waals surface area contributed by atoms with Gasteiger partial charge in [-0.05, 0) is 24.2 Å². The molecule has 0 radical (unpaired) electrons. The minimum atomic E-state index is 0.554. The van der Waals surface area contributed by atoms with Gasteiger partial charge in [-0.25, -0.2) is 0 Å². The molecule has 2 aliphatic heterocycles. The SMILES string of the molecule is CC(C)C1C2CC1(C(C)C)CO2. The van der Waals surface area contributed by atoms with Crippen LogP contribution >= 0.6 is 0 Å². The van der Waals surface area contributed by atoms with Gasteiger partial charge in [0.25, 0.3) is 0 Å². The van der Waals surface area contributed by atoms with Crippen molar-refractivity contribution < 1.29 is 4.74 Å². The Bertz CT molecular complexity index is 181. The Morgan fingerprint density at radius 3 is 2.25 bits per heavy atom. The van der Waals surface area contributed by atoms with Crippen molar-refractivity contribution in [3.05, 3.63) is 0 Å². The Kier molecular flexibility index (Phi) is 1.76. The highest BCUT2D eigenvalue weighted by molar-refractivity contribution is 5.09. The van der Waals surface area contributed by atoms with E-state index in [1.807, 2.05) is 0 Å². The third-order valence-electron chi connectivity index (χ3n) is 4.08. The van der Waals surface area contributed by atoms with Crippen molar-refractivity contribution in [1.29, 1.82) is 0 Å². The number of fused-ring (bicyclic) bond motifs is 1. The van der Waals surface area contributed by atoms with E-state index in [1.54, 1.807) is 0 Å². The number of hydrogen-bond acceptors (Lipinski definition) is 1. The lowest BCUT2D eigenvalue weighted by atomic mass is 9.52. The van der Waals surface area contributed by atoms with Crippen LogP contribution in [0.5, 0.6) is 0 Å². The molecule has 70 valence electrons. The maximum atomic E-state index is 5.77. The second kappa shape index (κ2) is 2.47. The maximum Gasteiger partial charge on any atom is 0.0618 e. The second-order valence-corrected chi connectivity index (χ2v) is 5.21. The molecule has 3 fully saturated rings. The molecule has 0 N–H and O–H groups in total. The fourth-order valence-electron chi connectivity index (χ4n) is 3.31. The molecule has 1 nitrogen and oxygen atoms in total. The Morgan fingerprint density at radius 1 is 1.25 bits per heavy atom. The molecule has 2 saturated heterocycles. The van der Waals surface area contributed by atoms with Crippen LogP contribution in [0.1, 0.15) is 34.1 Å². The van der Waals surface area contributed by atoms with Gasteiger partial charge in [-0.15, -0.1) is 0 Å². The quantitative estimate of drug-likeness (QED) is 0.616. The van der Waals surface area contributed by atoms with Gasteiger partial charge in [0.15, 0.2) is 0 Å². The molecular weight excluding hydrogens is 148 g/mol. The molecule has 0 amide bonds. The molecule has 2 bridgehead atoms. The van der Waals surface area contributed by atoms with Gasteiger partial charge in [-0.2, -0.15) is 0 Å². The number of ether oxygens (including phenoxy) is 1. The lowest BCUT2D eigenvalue weighted by molar-refractivity contribution is -0.0295. The third-order valence-corrected chi connectivity index (χ3v) is 4.08. The van der Waals surface area contributed by atoms with Crippen LogP contribution in [0.3, 0.4) is 0 Å². The van der Waals surface area contributed by atoms with E-state index in [4.69, 9.17) is 4.74 Å². The molecule has 0 aromatic carbocycles. The monoisotopic (exact) mass is 168 g/mol. The highest BCUT2D eigenvalue weighted by atomic mass is 16.5. The fraction of sp³-hybridized carbons (Fsp3) is 1.00. The summed E-state index contributed by atoms with van der Waals surface area (Å²) in [6, 6.07) is 0. The Morgan fingerprint density at radius 2 is 1.92 bits per heavy atom. The summed E-state index contributed by atoms with van der Waals surface area (Å²) in [6.45, 7) is 10.4. The van der Waals surface area contributed by atoms with E-state index in [1.165, 1.54) is 6.42 Å². The van der Waals surface area contributed by atoms with Crippen molar-refractivity contribution in [2.24, 2.45) is 23.2 Å². The van der Waals surface area contributed by atoms with Crippen molar-refractivity contribution in [2.75, 3.05) is 6.61 Å². The highest BCUT2D eigenvalue weighted by Crippen LogP contribution is 2.61. The fourth-order valence-corrected chi connectivity index (χ4v) is 3.31. The summed E-state index contributed by atoms with van der Waals surface area (Å²) in [6.07, 6.45) is 1.93. The van der Waals surface area contributed by atoms with Crippen LogP contribution in [-0.4, -0.2) is 12.7 Å². The average molecular weight is 168 g/mol. The number of rotatable bonds is 2. The van der Waals surface area contributed by atoms with Crippen LogP contribution in [0.25, 0.3) is 0 Å². The summed E-state index contributed by atoms with van der Waals surface area (Å²) in [4.78, 5) is 0. The minimum absolute atomic E-state index is 0.554. The van der Waals surface area contributed by atoms with Crippen molar-refractivity contribution in [3.8, 4) is 0 Å². The van der Waals surface area contributed by atoms with Gasteiger partial charge >= 0.3 is 0 Å². The Hall–Kier alpha value is -0.0400. The summed E-state index contributed by atoms with van der Waals surface area (Å²) in [5, 5.41) is 0. The van der Waals surface area contributed by atoms with Gasteiger partial charge in [-0.1, -0.05) is 27.7 Å². The summed E-state index contributed by atoms with van der Waals surface area (Å²) < 4.78 is 5.77. The van der Waals surface area contributed by atoms with Gasteiger partial charge < -0.3 is 4.74 Å². The van der Waals surface area contributed by atoms with Crippen LogP contribution in [0.2, 0.25) is 0 Å². The van der Waals surface area contributed by atoms with Gasteiger partial charge in [0.1, 0.15) is 0 Å². The first kappa shape index (κ1) is 8.55. The minimum Gasteiger partial charge on any atom is -0.377 e. The van der Waals surface area contributed by atoms with Crippen LogP contribution in [-0.2, 0) is 4.74 Å². The van der Waals surface area contributed by atoms with Gasteiger partial charge in [0.2, 0.25) is 0 Å². The molecule has 3 aliphatic rings. The first-order valence-corrected chi connectivity index (χ1v) is 5.19. The summed E-state index contributed by atoms with van der Waals surface area (Å²) >= 11 is 0. The molecular formula is C11H20O. The number of hydrogen-bond donors (Lipinski definition) is 0. The van der Waals surface area contributed by atoms with Crippen molar-refractivity contribution in [3.63, 3.8) is 0 Å². The Balaban J connectivity index is 2.17. The van der Waals surface area contributed by atoms with E-state index in [-0.39, 0.29) is 0 Å². The maximum absolute atomic E-state index is 5.77. The predicted octanol–water partition coefficient (Wildman–Crippen LogP) is 2.70. The van der Waals surface area contributed by atoms with E-state index in [0.717, 1.165) is 24.4 Å². The van der Waals surface area contributed by atoms with Crippen molar-refractivity contribution >= 4 is 0 Å². The van der Waals surface area contributed by atoms with E-state index in [9.17, 15) is 0 Å². The summed E-state index contributed by atoms with van der Waals surface area (Å²) in [7, 11) is 0. The normalized spacial score (nSPS) is 45.5. The molecule has 1 heteroatoms. The van der Waals surface area contributed by atoms with Crippen LogP contribution in [0.4, 0.5) is 0 Å². The molecule has 3 unspecified atom stereocenters. The van der Waals surface area contributed by atoms with Crippen molar-refractivity contribution in [1.82, 2.24) is 0 Å². The molecule has 3 atom stereocenters. The third kappa shape index (κ3) is 0.834. The van der Waals surface area contributed by atoms with E-state index in [2.05, 4.69) is 27.7 Å². The van der Waals surface area contributed by atoms with E-state index in [0.29, 0.717) is 11.5 Å². The van der Waals surface area contributed by atoms with Crippen molar-refractivity contribution in [2.45, 2.75) is 40.2 Å². The molecule has 2 heterocycles. The van der Waals surface area contributed by atoms with E-state index >= 15 is 0 Å². The predicted molar refractivity (Wildman–Crippen MR) is 50.0 cm³/mol.